The van der Waals surface area contributed by atoms with Crippen LogP contribution in [0.2, 0.25) is 0 Å². The molecule has 2 aliphatic heterocycles. The van der Waals surface area contributed by atoms with Crippen molar-refractivity contribution >= 4 is 17.4 Å². The standard InChI is InChI=1S/C23H25N3O3/c1-16(2)29-19-10-8-17(9-11-19)20-21(25-13-5-6-14-25)23(28)26(22(20)27)15-18-7-3-4-12-24-18/h3-4,7-12,16H,5-6,13-15H2,1-2H3. The Hall–Kier alpha value is -3.15. The summed E-state index contributed by atoms with van der Waals surface area (Å²) in [6.45, 7) is 5.70. The monoisotopic (exact) mass is 391 g/mol. The highest BCUT2D eigenvalue weighted by atomic mass is 16.5. The van der Waals surface area contributed by atoms with Crippen molar-refractivity contribution in [3.8, 4) is 5.75 Å². The lowest BCUT2D eigenvalue weighted by Gasteiger charge is -2.20. The Morgan fingerprint density at radius 3 is 2.34 bits per heavy atom. The van der Waals surface area contributed by atoms with Gasteiger partial charge in [-0.25, -0.2) is 0 Å². The van der Waals surface area contributed by atoms with Crippen LogP contribution in [0.15, 0.2) is 54.4 Å². The van der Waals surface area contributed by atoms with E-state index >= 15 is 0 Å². The third-order valence-corrected chi connectivity index (χ3v) is 5.13. The van der Waals surface area contributed by atoms with Gasteiger partial charge in [0.1, 0.15) is 11.4 Å². The van der Waals surface area contributed by atoms with E-state index in [2.05, 4.69) is 4.98 Å². The van der Waals surface area contributed by atoms with Gasteiger partial charge in [0.05, 0.1) is 23.9 Å². The van der Waals surface area contributed by atoms with Crippen LogP contribution < -0.4 is 4.74 Å². The molecule has 3 heterocycles. The van der Waals surface area contributed by atoms with Crippen LogP contribution in [-0.2, 0) is 16.1 Å². The van der Waals surface area contributed by atoms with E-state index in [0.717, 1.165) is 37.2 Å². The number of hydrogen-bond acceptors (Lipinski definition) is 5. The molecular formula is C23H25N3O3. The van der Waals surface area contributed by atoms with Crippen LogP contribution in [0.1, 0.15) is 37.9 Å². The average Bonchev–Trinajstić information content (AvgIpc) is 3.32. The molecule has 0 bridgehead atoms. The van der Waals surface area contributed by atoms with Gasteiger partial charge < -0.3 is 9.64 Å². The Balaban J connectivity index is 1.69. The van der Waals surface area contributed by atoms with E-state index in [1.54, 1.807) is 6.20 Å². The van der Waals surface area contributed by atoms with Gasteiger partial charge in [-0.3, -0.25) is 19.5 Å². The van der Waals surface area contributed by atoms with Crippen LogP contribution in [-0.4, -0.2) is 45.8 Å². The second-order valence-corrected chi connectivity index (χ2v) is 7.63. The minimum Gasteiger partial charge on any atom is -0.491 e. The highest BCUT2D eigenvalue weighted by molar-refractivity contribution is 6.35. The van der Waals surface area contributed by atoms with E-state index in [9.17, 15) is 9.59 Å². The lowest BCUT2D eigenvalue weighted by Crippen LogP contribution is -2.34. The molecule has 0 aliphatic carbocycles. The molecule has 2 amide bonds. The number of ether oxygens (including phenoxy) is 1. The molecule has 0 spiro atoms. The summed E-state index contributed by atoms with van der Waals surface area (Å²) in [4.78, 5) is 34.2. The number of aromatic nitrogens is 1. The van der Waals surface area contributed by atoms with Gasteiger partial charge in [-0.15, -0.1) is 0 Å². The second-order valence-electron chi connectivity index (χ2n) is 7.63. The van der Waals surface area contributed by atoms with Gasteiger partial charge in [-0.1, -0.05) is 18.2 Å². The van der Waals surface area contributed by atoms with Crippen LogP contribution in [0.5, 0.6) is 5.75 Å². The summed E-state index contributed by atoms with van der Waals surface area (Å²) in [7, 11) is 0. The number of benzene rings is 1. The third kappa shape index (κ3) is 3.88. The first-order valence-corrected chi connectivity index (χ1v) is 10.1. The molecular weight excluding hydrogens is 366 g/mol. The summed E-state index contributed by atoms with van der Waals surface area (Å²) in [6.07, 6.45) is 3.80. The maximum absolute atomic E-state index is 13.3. The lowest BCUT2D eigenvalue weighted by atomic mass is 10.0. The fourth-order valence-electron chi connectivity index (χ4n) is 3.83. The first kappa shape index (κ1) is 19.2. The zero-order chi connectivity index (χ0) is 20.4. The van der Waals surface area contributed by atoms with Crippen LogP contribution in [0.4, 0.5) is 0 Å². The SMILES string of the molecule is CC(C)Oc1ccc(C2=C(N3CCCC3)C(=O)N(Cc3ccccn3)C2=O)cc1. The van der Waals surface area contributed by atoms with Gasteiger partial charge in [0.25, 0.3) is 11.8 Å². The lowest BCUT2D eigenvalue weighted by molar-refractivity contribution is -0.138. The molecule has 0 N–H and O–H groups in total. The maximum atomic E-state index is 13.3. The van der Waals surface area contributed by atoms with Crippen LogP contribution in [0.25, 0.3) is 5.57 Å². The van der Waals surface area contributed by atoms with Crippen molar-refractivity contribution in [1.29, 1.82) is 0 Å². The van der Waals surface area contributed by atoms with Gasteiger partial charge in [0.2, 0.25) is 0 Å². The summed E-state index contributed by atoms with van der Waals surface area (Å²) in [5.74, 6) is 0.245. The largest absolute Gasteiger partial charge is 0.491 e. The normalized spacial score (nSPS) is 17.1. The van der Waals surface area contributed by atoms with Crippen molar-refractivity contribution in [1.82, 2.24) is 14.8 Å². The van der Waals surface area contributed by atoms with Crippen LogP contribution in [0.3, 0.4) is 0 Å². The average molecular weight is 391 g/mol. The number of likely N-dealkylation sites (tertiary alicyclic amines) is 1. The summed E-state index contributed by atoms with van der Waals surface area (Å²) >= 11 is 0. The third-order valence-electron chi connectivity index (χ3n) is 5.13. The van der Waals surface area contributed by atoms with E-state index in [1.807, 2.05) is 61.2 Å². The molecule has 0 radical (unpaired) electrons. The van der Waals surface area contributed by atoms with Crippen molar-refractivity contribution < 1.29 is 14.3 Å². The molecule has 2 aromatic rings. The van der Waals surface area contributed by atoms with Gasteiger partial charge >= 0.3 is 0 Å². The van der Waals surface area contributed by atoms with Crippen molar-refractivity contribution in [2.45, 2.75) is 39.3 Å². The van der Waals surface area contributed by atoms with E-state index in [4.69, 9.17) is 4.74 Å². The Morgan fingerprint density at radius 1 is 1.00 bits per heavy atom. The molecule has 4 rings (SSSR count). The summed E-state index contributed by atoms with van der Waals surface area (Å²) < 4.78 is 5.71. The van der Waals surface area contributed by atoms with Gasteiger partial charge in [0, 0.05) is 19.3 Å². The number of carbonyl (C=O) groups is 2. The Bertz CT molecular complexity index is 930. The molecule has 0 saturated carbocycles. The predicted octanol–water partition coefficient (Wildman–Crippen LogP) is 3.24. The van der Waals surface area contributed by atoms with Gasteiger partial charge in [-0.2, -0.15) is 0 Å². The molecule has 0 atom stereocenters. The Kier molecular flexibility index (Phi) is 5.34. The number of hydrogen-bond donors (Lipinski definition) is 0. The van der Waals surface area contributed by atoms with E-state index in [-0.39, 0.29) is 24.5 Å². The molecule has 1 saturated heterocycles. The molecule has 1 fully saturated rings. The number of nitrogens with zero attached hydrogens (tertiary/aromatic N) is 3. The number of rotatable bonds is 6. The molecule has 29 heavy (non-hydrogen) atoms. The van der Waals surface area contributed by atoms with E-state index in [1.165, 1.54) is 4.90 Å². The van der Waals surface area contributed by atoms with E-state index < -0.39 is 0 Å². The fourth-order valence-corrected chi connectivity index (χ4v) is 3.83. The summed E-state index contributed by atoms with van der Waals surface area (Å²) in [6, 6.07) is 12.9. The Labute approximate surface area is 170 Å². The molecule has 6 heteroatoms. The maximum Gasteiger partial charge on any atom is 0.278 e. The van der Waals surface area contributed by atoms with Gasteiger partial charge in [0.15, 0.2) is 0 Å². The van der Waals surface area contributed by atoms with Crippen LogP contribution >= 0.6 is 0 Å². The molecule has 1 aromatic heterocycles. The van der Waals surface area contributed by atoms with Gasteiger partial charge in [-0.05, 0) is 56.5 Å². The molecule has 150 valence electrons. The smallest absolute Gasteiger partial charge is 0.278 e. The topological polar surface area (TPSA) is 62.7 Å². The molecule has 2 aliphatic rings. The van der Waals surface area contributed by atoms with Crippen LogP contribution in [0, 0.1) is 0 Å². The van der Waals surface area contributed by atoms with Crippen molar-refractivity contribution in [2.75, 3.05) is 13.1 Å². The fraction of sp³-hybridized carbons (Fsp3) is 0.348. The zero-order valence-electron chi connectivity index (χ0n) is 16.8. The minimum absolute atomic E-state index is 0.0729. The second kappa shape index (κ2) is 8.07. The highest BCUT2D eigenvalue weighted by Crippen LogP contribution is 2.34. The van der Waals surface area contributed by atoms with Crippen molar-refractivity contribution in [3.63, 3.8) is 0 Å². The summed E-state index contributed by atoms with van der Waals surface area (Å²) in [5, 5.41) is 0. The quantitative estimate of drug-likeness (QED) is 0.708. The van der Waals surface area contributed by atoms with Crippen molar-refractivity contribution in [3.05, 3.63) is 65.6 Å². The number of pyridine rings is 1. The first-order valence-electron chi connectivity index (χ1n) is 10.1. The number of imide groups is 1. The Morgan fingerprint density at radius 2 is 1.72 bits per heavy atom. The zero-order valence-corrected chi connectivity index (χ0v) is 16.8. The molecule has 1 aromatic carbocycles. The minimum atomic E-state index is -0.264. The van der Waals surface area contributed by atoms with Crippen molar-refractivity contribution in [2.24, 2.45) is 0 Å². The van der Waals surface area contributed by atoms with E-state index in [0.29, 0.717) is 17.0 Å². The molecule has 6 nitrogen and oxygen atoms in total. The highest BCUT2D eigenvalue weighted by Gasteiger charge is 2.42. The number of carbonyl (C=O) groups excluding carboxylic acids is 2. The number of amides is 2. The summed E-state index contributed by atoms with van der Waals surface area (Å²) in [5.41, 5.74) is 2.42. The molecule has 0 unspecified atom stereocenters. The predicted molar refractivity (Wildman–Crippen MR) is 110 cm³/mol. The first-order chi connectivity index (χ1) is 14.0.